The van der Waals surface area contributed by atoms with Gasteiger partial charge in [-0.25, -0.2) is 0 Å². The van der Waals surface area contributed by atoms with Crippen molar-refractivity contribution in [3.8, 4) is 11.7 Å². The Morgan fingerprint density at radius 1 is 1.12 bits per heavy atom. The molecule has 1 aromatic carbocycles. The molecule has 0 radical (unpaired) electrons. The predicted octanol–water partition coefficient (Wildman–Crippen LogP) is 4.84. The SMILES string of the molecule is CC(C)Sc1ccc(C(=O)Nc2nnc(-c3ccc(Br)o3)o2)cc1. The molecule has 0 aliphatic rings. The number of rotatable bonds is 5. The number of hydrogen-bond acceptors (Lipinski definition) is 6. The molecule has 0 atom stereocenters. The summed E-state index contributed by atoms with van der Waals surface area (Å²) in [6.07, 6.45) is 0. The van der Waals surface area contributed by atoms with Gasteiger partial charge in [0.25, 0.3) is 11.8 Å². The van der Waals surface area contributed by atoms with E-state index in [0.29, 0.717) is 21.2 Å². The van der Waals surface area contributed by atoms with Crippen LogP contribution in [0.4, 0.5) is 6.01 Å². The van der Waals surface area contributed by atoms with E-state index in [9.17, 15) is 4.79 Å². The summed E-state index contributed by atoms with van der Waals surface area (Å²) in [5.41, 5.74) is 0.517. The molecule has 24 heavy (non-hydrogen) atoms. The molecule has 0 saturated heterocycles. The standard InChI is InChI=1S/C16H14BrN3O3S/c1-9(2)24-11-5-3-10(4-6-11)14(21)18-16-20-19-15(23-16)12-7-8-13(17)22-12/h3-9H,1-2H3,(H,18,20,21). The number of amides is 1. The fourth-order valence-electron chi connectivity index (χ4n) is 1.93. The number of nitrogens with one attached hydrogen (secondary N) is 1. The first-order valence-electron chi connectivity index (χ1n) is 7.18. The average Bonchev–Trinajstić information content (AvgIpc) is 3.16. The molecule has 2 aromatic heterocycles. The minimum Gasteiger partial charge on any atom is -0.444 e. The summed E-state index contributed by atoms with van der Waals surface area (Å²) < 4.78 is 11.3. The van der Waals surface area contributed by atoms with Gasteiger partial charge in [-0.2, -0.15) is 0 Å². The molecule has 124 valence electrons. The van der Waals surface area contributed by atoms with E-state index in [1.54, 1.807) is 36.0 Å². The summed E-state index contributed by atoms with van der Waals surface area (Å²) in [4.78, 5) is 13.3. The zero-order chi connectivity index (χ0) is 17.1. The monoisotopic (exact) mass is 407 g/mol. The van der Waals surface area contributed by atoms with Gasteiger partial charge in [-0.3, -0.25) is 10.1 Å². The van der Waals surface area contributed by atoms with Crippen molar-refractivity contribution < 1.29 is 13.6 Å². The number of nitrogens with zero attached hydrogens (tertiary/aromatic N) is 2. The number of hydrogen-bond donors (Lipinski definition) is 1. The first kappa shape index (κ1) is 16.8. The number of carbonyl (C=O) groups is 1. The maximum absolute atomic E-state index is 12.2. The van der Waals surface area contributed by atoms with E-state index in [4.69, 9.17) is 8.83 Å². The number of halogens is 1. The van der Waals surface area contributed by atoms with Gasteiger partial charge in [0.2, 0.25) is 0 Å². The Morgan fingerprint density at radius 2 is 1.88 bits per heavy atom. The largest absolute Gasteiger partial charge is 0.444 e. The van der Waals surface area contributed by atoms with Gasteiger partial charge in [0.05, 0.1) is 0 Å². The van der Waals surface area contributed by atoms with E-state index < -0.39 is 0 Å². The van der Waals surface area contributed by atoms with E-state index in [0.717, 1.165) is 4.90 Å². The highest BCUT2D eigenvalue weighted by Gasteiger charge is 2.15. The van der Waals surface area contributed by atoms with Crippen molar-refractivity contribution in [2.45, 2.75) is 24.0 Å². The number of carbonyl (C=O) groups excluding carboxylic acids is 1. The Kier molecular flexibility index (Phi) is 5.06. The summed E-state index contributed by atoms with van der Waals surface area (Å²) in [5, 5.41) is 10.7. The molecular formula is C16H14BrN3O3S. The van der Waals surface area contributed by atoms with E-state index in [1.807, 2.05) is 12.1 Å². The topological polar surface area (TPSA) is 81.2 Å². The number of aromatic nitrogens is 2. The van der Waals surface area contributed by atoms with Gasteiger partial charge in [-0.1, -0.05) is 18.9 Å². The number of thioether (sulfide) groups is 1. The average molecular weight is 408 g/mol. The third-order valence-electron chi connectivity index (χ3n) is 2.92. The van der Waals surface area contributed by atoms with Crippen LogP contribution >= 0.6 is 27.7 Å². The van der Waals surface area contributed by atoms with Gasteiger partial charge >= 0.3 is 6.01 Å². The summed E-state index contributed by atoms with van der Waals surface area (Å²) in [7, 11) is 0. The minimum absolute atomic E-state index is 0.0168. The fourth-order valence-corrected chi connectivity index (χ4v) is 3.07. The maximum Gasteiger partial charge on any atom is 0.322 e. The number of furan rings is 1. The zero-order valence-electron chi connectivity index (χ0n) is 12.9. The van der Waals surface area contributed by atoms with Gasteiger partial charge in [0.1, 0.15) is 0 Å². The van der Waals surface area contributed by atoms with Crippen LogP contribution < -0.4 is 5.32 Å². The van der Waals surface area contributed by atoms with Crippen molar-refractivity contribution in [1.82, 2.24) is 10.2 Å². The van der Waals surface area contributed by atoms with Crippen LogP contribution in [-0.2, 0) is 0 Å². The second kappa shape index (κ2) is 7.23. The number of benzene rings is 1. The van der Waals surface area contributed by atoms with E-state index >= 15 is 0 Å². The lowest BCUT2D eigenvalue weighted by Gasteiger charge is -2.05. The summed E-state index contributed by atoms with van der Waals surface area (Å²) in [6.45, 7) is 4.24. The van der Waals surface area contributed by atoms with E-state index in [1.165, 1.54) is 0 Å². The van der Waals surface area contributed by atoms with Gasteiger partial charge < -0.3 is 8.83 Å². The van der Waals surface area contributed by atoms with Crippen LogP contribution in [0.2, 0.25) is 0 Å². The molecule has 8 heteroatoms. The van der Waals surface area contributed by atoms with Crippen molar-refractivity contribution in [2.75, 3.05) is 5.32 Å². The lowest BCUT2D eigenvalue weighted by molar-refractivity contribution is 0.102. The molecule has 3 aromatic rings. The van der Waals surface area contributed by atoms with Crippen LogP contribution in [0.5, 0.6) is 0 Å². The molecule has 2 heterocycles. The highest BCUT2D eigenvalue weighted by molar-refractivity contribution is 9.10. The molecule has 3 rings (SSSR count). The quantitative estimate of drug-likeness (QED) is 0.609. The van der Waals surface area contributed by atoms with Crippen LogP contribution in [0.3, 0.4) is 0 Å². The van der Waals surface area contributed by atoms with E-state index in [-0.39, 0.29) is 17.8 Å². The van der Waals surface area contributed by atoms with Gasteiger partial charge in [-0.05, 0) is 52.3 Å². The van der Waals surface area contributed by atoms with Crippen molar-refractivity contribution in [1.29, 1.82) is 0 Å². The Hall–Kier alpha value is -2.06. The molecule has 1 N–H and O–H groups in total. The van der Waals surface area contributed by atoms with Crippen molar-refractivity contribution >= 4 is 39.6 Å². The summed E-state index contributed by atoms with van der Waals surface area (Å²) in [6, 6.07) is 10.8. The molecule has 0 aliphatic heterocycles. The molecule has 0 aliphatic carbocycles. The molecule has 0 saturated carbocycles. The lowest BCUT2D eigenvalue weighted by Crippen LogP contribution is -2.11. The second-order valence-electron chi connectivity index (χ2n) is 5.16. The highest BCUT2D eigenvalue weighted by Crippen LogP contribution is 2.25. The third-order valence-corrected chi connectivity index (χ3v) is 4.36. The van der Waals surface area contributed by atoms with Crippen molar-refractivity contribution in [3.63, 3.8) is 0 Å². The van der Waals surface area contributed by atoms with Crippen LogP contribution in [0.25, 0.3) is 11.7 Å². The molecule has 0 fully saturated rings. The Balaban J connectivity index is 1.67. The molecule has 0 bridgehead atoms. The van der Waals surface area contributed by atoms with Gasteiger partial charge in [-0.15, -0.1) is 16.9 Å². The summed E-state index contributed by atoms with van der Waals surface area (Å²) >= 11 is 4.94. The van der Waals surface area contributed by atoms with Crippen LogP contribution in [0.15, 0.2) is 54.8 Å². The molecule has 6 nitrogen and oxygen atoms in total. The summed E-state index contributed by atoms with van der Waals surface area (Å²) in [5.74, 6) is 0.302. The third kappa shape index (κ3) is 4.07. The number of anilines is 1. The first-order chi connectivity index (χ1) is 11.5. The first-order valence-corrected chi connectivity index (χ1v) is 8.86. The highest BCUT2D eigenvalue weighted by atomic mass is 79.9. The second-order valence-corrected chi connectivity index (χ2v) is 7.59. The Morgan fingerprint density at radius 3 is 2.50 bits per heavy atom. The zero-order valence-corrected chi connectivity index (χ0v) is 15.3. The van der Waals surface area contributed by atoms with E-state index in [2.05, 4.69) is 45.3 Å². The lowest BCUT2D eigenvalue weighted by atomic mass is 10.2. The molecule has 0 spiro atoms. The van der Waals surface area contributed by atoms with Crippen molar-refractivity contribution in [2.24, 2.45) is 0 Å². The maximum atomic E-state index is 12.2. The smallest absolute Gasteiger partial charge is 0.322 e. The predicted molar refractivity (Wildman–Crippen MR) is 95.1 cm³/mol. The molecule has 0 unspecified atom stereocenters. The molecular weight excluding hydrogens is 394 g/mol. The normalized spacial score (nSPS) is 11.0. The van der Waals surface area contributed by atoms with Gasteiger partial charge in [0, 0.05) is 15.7 Å². The van der Waals surface area contributed by atoms with Crippen LogP contribution in [-0.4, -0.2) is 21.4 Å². The van der Waals surface area contributed by atoms with Crippen LogP contribution in [0.1, 0.15) is 24.2 Å². The fraction of sp³-hybridized carbons (Fsp3) is 0.188. The minimum atomic E-state index is -0.313. The molecule has 1 amide bonds. The Bertz CT molecular complexity index is 842. The Labute approximate surface area is 151 Å². The van der Waals surface area contributed by atoms with Crippen LogP contribution in [0, 0.1) is 0 Å². The van der Waals surface area contributed by atoms with Gasteiger partial charge in [0.15, 0.2) is 10.4 Å². The van der Waals surface area contributed by atoms with Crippen molar-refractivity contribution in [3.05, 3.63) is 46.6 Å².